The highest BCUT2D eigenvalue weighted by Gasteiger charge is 2.39. The molecule has 76 valence electrons. The van der Waals surface area contributed by atoms with Crippen molar-refractivity contribution in [3.63, 3.8) is 0 Å². The molecule has 3 aliphatic rings. The summed E-state index contributed by atoms with van der Waals surface area (Å²) >= 11 is 2.41. The largest absolute Gasteiger partial charge is 0.492 e. The standard InChI is InChI=1S/C11H13IO2/c12-8-2-4-9-7(5-8)1-3-10(14-9)11-6-13-11/h2,4,7,10-11H,1,3,5-6H2. The lowest BCUT2D eigenvalue weighted by Gasteiger charge is -2.33. The van der Waals surface area contributed by atoms with Crippen LogP contribution in [0.5, 0.6) is 0 Å². The number of halogens is 1. The Morgan fingerprint density at radius 3 is 2.86 bits per heavy atom. The Labute approximate surface area is 97.5 Å². The van der Waals surface area contributed by atoms with Crippen LogP contribution in [0, 0.1) is 5.92 Å². The Kier molecular flexibility index (Phi) is 2.32. The Morgan fingerprint density at radius 2 is 2.07 bits per heavy atom. The molecule has 3 unspecified atom stereocenters. The van der Waals surface area contributed by atoms with Gasteiger partial charge in [0.2, 0.25) is 0 Å². The van der Waals surface area contributed by atoms with Crippen molar-refractivity contribution in [1.29, 1.82) is 0 Å². The van der Waals surface area contributed by atoms with Crippen LogP contribution >= 0.6 is 22.6 Å². The summed E-state index contributed by atoms with van der Waals surface area (Å²) in [5.74, 6) is 1.83. The van der Waals surface area contributed by atoms with Gasteiger partial charge in [0.1, 0.15) is 12.2 Å². The highest BCUT2D eigenvalue weighted by molar-refractivity contribution is 14.1. The van der Waals surface area contributed by atoms with Gasteiger partial charge in [0.05, 0.1) is 12.4 Å². The first kappa shape index (κ1) is 9.21. The summed E-state index contributed by atoms with van der Waals surface area (Å²) in [6.07, 6.45) is 8.63. The molecule has 0 aromatic heterocycles. The van der Waals surface area contributed by atoms with Crippen LogP contribution in [0.1, 0.15) is 19.3 Å². The second-order valence-corrected chi connectivity index (χ2v) is 5.57. The SMILES string of the molecule is IC1=CC=C2OC(C3CO3)CCC2C1. The number of hydrogen-bond acceptors (Lipinski definition) is 2. The topological polar surface area (TPSA) is 21.8 Å². The van der Waals surface area contributed by atoms with E-state index in [-0.39, 0.29) is 0 Å². The molecule has 0 radical (unpaired) electrons. The third kappa shape index (κ3) is 1.72. The first-order chi connectivity index (χ1) is 6.83. The van der Waals surface area contributed by atoms with Crippen molar-refractivity contribution in [2.45, 2.75) is 31.5 Å². The highest BCUT2D eigenvalue weighted by Crippen LogP contribution is 2.39. The van der Waals surface area contributed by atoms with Crippen LogP contribution in [0.25, 0.3) is 0 Å². The molecule has 2 nitrogen and oxygen atoms in total. The van der Waals surface area contributed by atoms with Crippen molar-refractivity contribution in [1.82, 2.24) is 0 Å². The smallest absolute Gasteiger partial charge is 0.127 e. The van der Waals surface area contributed by atoms with E-state index in [1.54, 1.807) is 0 Å². The molecule has 2 aliphatic heterocycles. The van der Waals surface area contributed by atoms with Crippen LogP contribution in [0.3, 0.4) is 0 Å². The molecule has 3 atom stereocenters. The van der Waals surface area contributed by atoms with Gasteiger partial charge in [0.25, 0.3) is 0 Å². The average molecular weight is 304 g/mol. The van der Waals surface area contributed by atoms with Crippen LogP contribution in [0.2, 0.25) is 0 Å². The molecule has 0 aromatic carbocycles. The fourth-order valence-corrected chi connectivity index (χ4v) is 2.94. The van der Waals surface area contributed by atoms with Gasteiger partial charge >= 0.3 is 0 Å². The molecule has 14 heavy (non-hydrogen) atoms. The second kappa shape index (κ2) is 3.52. The Bertz CT molecular complexity index is 304. The monoisotopic (exact) mass is 304 g/mol. The maximum absolute atomic E-state index is 5.95. The van der Waals surface area contributed by atoms with Crippen molar-refractivity contribution in [3.05, 3.63) is 21.5 Å². The molecule has 0 N–H and O–H groups in total. The Balaban J connectivity index is 1.74. The quantitative estimate of drug-likeness (QED) is 0.549. The molecule has 0 amide bonds. The molecule has 2 heterocycles. The number of epoxide rings is 1. The van der Waals surface area contributed by atoms with Crippen molar-refractivity contribution in [2.75, 3.05) is 6.61 Å². The maximum atomic E-state index is 5.95. The van der Waals surface area contributed by atoms with Crippen molar-refractivity contribution < 1.29 is 9.47 Å². The Hall–Kier alpha value is -0.0300. The second-order valence-electron chi connectivity index (χ2n) is 4.19. The fourth-order valence-electron chi connectivity index (χ4n) is 2.22. The minimum absolute atomic E-state index is 0.335. The van der Waals surface area contributed by atoms with E-state index in [0.717, 1.165) is 13.0 Å². The lowest BCUT2D eigenvalue weighted by atomic mass is 9.89. The highest BCUT2D eigenvalue weighted by atomic mass is 127. The molecule has 0 saturated carbocycles. The van der Waals surface area contributed by atoms with E-state index in [1.807, 2.05) is 0 Å². The van der Waals surface area contributed by atoms with Crippen LogP contribution in [-0.2, 0) is 9.47 Å². The summed E-state index contributed by atoms with van der Waals surface area (Å²) in [6, 6.07) is 0. The van der Waals surface area contributed by atoms with E-state index >= 15 is 0 Å². The maximum Gasteiger partial charge on any atom is 0.127 e. The van der Waals surface area contributed by atoms with E-state index in [9.17, 15) is 0 Å². The van der Waals surface area contributed by atoms with Gasteiger partial charge in [0, 0.05) is 5.92 Å². The lowest BCUT2D eigenvalue weighted by molar-refractivity contribution is 0.0266. The molecule has 0 spiro atoms. The molecule has 2 fully saturated rings. The van der Waals surface area contributed by atoms with Gasteiger partial charge in [-0.3, -0.25) is 0 Å². The van der Waals surface area contributed by atoms with E-state index in [2.05, 4.69) is 34.7 Å². The van der Waals surface area contributed by atoms with Gasteiger partial charge < -0.3 is 9.47 Å². The van der Waals surface area contributed by atoms with Gasteiger partial charge in [-0.05, 0) is 57.6 Å². The summed E-state index contributed by atoms with van der Waals surface area (Å²) in [6.45, 7) is 0.899. The number of hydrogen-bond donors (Lipinski definition) is 0. The zero-order chi connectivity index (χ0) is 9.54. The molecular formula is C11H13IO2. The first-order valence-corrected chi connectivity index (χ1v) is 6.25. The summed E-state index contributed by atoms with van der Waals surface area (Å²) in [5.41, 5.74) is 0. The zero-order valence-corrected chi connectivity index (χ0v) is 10.1. The predicted octanol–water partition coefficient (Wildman–Crippen LogP) is 2.79. The van der Waals surface area contributed by atoms with Crippen LogP contribution in [0.15, 0.2) is 21.5 Å². The van der Waals surface area contributed by atoms with Gasteiger partial charge in [-0.15, -0.1) is 0 Å². The molecule has 3 rings (SSSR count). The van der Waals surface area contributed by atoms with Gasteiger partial charge in [-0.1, -0.05) is 0 Å². The zero-order valence-electron chi connectivity index (χ0n) is 7.91. The summed E-state index contributed by atoms with van der Waals surface area (Å²) < 4.78 is 12.7. The number of allylic oxidation sites excluding steroid dienone is 4. The lowest BCUT2D eigenvalue weighted by Crippen LogP contribution is -2.29. The molecule has 0 bridgehead atoms. The van der Waals surface area contributed by atoms with Crippen LogP contribution < -0.4 is 0 Å². The normalized spacial score (nSPS) is 40.5. The van der Waals surface area contributed by atoms with Crippen molar-refractivity contribution in [2.24, 2.45) is 5.92 Å². The molecule has 0 aromatic rings. The third-order valence-electron chi connectivity index (χ3n) is 3.13. The molecule has 2 saturated heterocycles. The third-order valence-corrected chi connectivity index (χ3v) is 3.93. The van der Waals surface area contributed by atoms with E-state index in [0.29, 0.717) is 18.1 Å². The first-order valence-electron chi connectivity index (χ1n) is 5.17. The summed E-state index contributed by atoms with van der Waals surface area (Å²) in [5, 5.41) is 0. The van der Waals surface area contributed by atoms with Gasteiger partial charge in [-0.25, -0.2) is 0 Å². The van der Waals surface area contributed by atoms with E-state index < -0.39 is 0 Å². The molecule has 1 aliphatic carbocycles. The molecular weight excluding hydrogens is 291 g/mol. The number of ether oxygens (including phenoxy) is 2. The van der Waals surface area contributed by atoms with Crippen LogP contribution in [-0.4, -0.2) is 18.8 Å². The number of rotatable bonds is 1. The van der Waals surface area contributed by atoms with Gasteiger partial charge in [-0.2, -0.15) is 0 Å². The Morgan fingerprint density at radius 1 is 1.21 bits per heavy atom. The summed E-state index contributed by atoms with van der Waals surface area (Å²) in [4.78, 5) is 0. The van der Waals surface area contributed by atoms with Crippen molar-refractivity contribution in [3.8, 4) is 0 Å². The fraction of sp³-hybridized carbons (Fsp3) is 0.636. The number of fused-ring (bicyclic) bond motifs is 1. The van der Waals surface area contributed by atoms with Gasteiger partial charge in [0.15, 0.2) is 0 Å². The van der Waals surface area contributed by atoms with Crippen molar-refractivity contribution >= 4 is 22.6 Å². The molecule has 3 heteroatoms. The van der Waals surface area contributed by atoms with E-state index in [4.69, 9.17) is 9.47 Å². The average Bonchev–Trinajstić information content (AvgIpc) is 3.00. The van der Waals surface area contributed by atoms with Crippen LogP contribution in [0.4, 0.5) is 0 Å². The van der Waals surface area contributed by atoms with E-state index in [1.165, 1.54) is 22.2 Å². The minimum Gasteiger partial charge on any atom is -0.492 e. The summed E-state index contributed by atoms with van der Waals surface area (Å²) in [7, 11) is 0. The minimum atomic E-state index is 0.335. The predicted molar refractivity (Wildman–Crippen MR) is 62.1 cm³/mol.